The van der Waals surface area contributed by atoms with Crippen LogP contribution >= 0.6 is 0 Å². The molecule has 0 radical (unpaired) electrons. The maximum absolute atomic E-state index is 13.5. The number of carboxylic acid groups (broad SMARTS) is 1. The zero-order chi connectivity index (χ0) is 36.4. The van der Waals surface area contributed by atoms with Crippen LogP contribution < -0.4 is 14.8 Å². The van der Waals surface area contributed by atoms with Gasteiger partial charge in [0.15, 0.2) is 11.5 Å². The molecule has 1 aromatic carbocycles. The summed E-state index contributed by atoms with van der Waals surface area (Å²) in [5.41, 5.74) is 0.344. The van der Waals surface area contributed by atoms with Gasteiger partial charge < -0.3 is 34.1 Å². The SMILES string of the molecule is CC(=O)OC1CCCCC1C(=O)N[C@@H](Cc1ccc(OC(=O)C2CCCCC2OC(C)=O)c(OC(=O)C2CCCCC2OC(C)=O)c1)C(=O)O. The van der Waals surface area contributed by atoms with Gasteiger partial charge >= 0.3 is 35.8 Å². The molecule has 274 valence electrons. The zero-order valence-electron chi connectivity index (χ0n) is 28.8. The van der Waals surface area contributed by atoms with E-state index in [-0.39, 0.29) is 17.9 Å². The zero-order valence-corrected chi connectivity index (χ0v) is 28.8. The van der Waals surface area contributed by atoms with Crippen LogP contribution in [0, 0.1) is 17.8 Å². The van der Waals surface area contributed by atoms with Crippen molar-refractivity contribution in [2.75, 3.05) is 0 Å². The third-order valence-electron chi connectivity index (χ3n) is 9.49. The molecule has 14 nitrogen and oxygen atoms in total. The number of rotatable bonds is 12. The average Bonchev–Trinajstić information content (AvgIpc) is 3.05. The fourth-order valence-corrected chi connectivity index (χ4v) is 7.12. The molecular formula is C36H47NO13. The molecule has 0 spiro atoms. The van der Waals surface area contributed by atoms with Crippen molar-refractivity contribution < 1.29 is 62.4 Å². The van der Waals surface area contributed by atoms with Crippen LogP contribution in [0.3, 0.4) is 0 Å². The topological polar surface area (TPSA) is 198 Å². The lowest BCUT2D eigenvalue weighted by molar-refractivity contribution is -0.161. The van der Waals surface area contributed by atoms with Gasteiger partial charge in [-0.05, 0) is 75.5 Å². The van der Waals surface area contributed by atoms with Gasteiger partial charge in [0.05, 0.1) is 17.8 Å². The van der Waals surface area contributed by atoms with Crippen LogP contribution in [-0.2, 0) is 54.2 Å². The van der Waals surface area contributed by atoms with Crippen LogP contribution in [0.2, 0.25) is 0 Å². The van der Waals surface area contributed by atoms with E-state index >= 15 is 0 Å². The van der Waals surface area contributed by atoms with E-state index in [0.29, 0.717) is 50.5 Å². The van der Waals surface area contributed by atoms with Gasteiger partial charge in [0.25, 0.3) is 0 Å². The largest absolute Gasteiger partial charge is 0.480 e. The summed E-state index contributed by atoms with van der Waals surface area (Å²) in [6, 6.07) is 2.86. The lowest BCUT2D eigenvalue weighted by atomic mass is 9.85. The van der Waals surface area contributed by atoms with Crippen molar-refractivity contribution in [1.82, 2.24) is 5.32 Å². The monoisotopic (exact) mass is 701 g/mol. The molecule has 7 atom stereocenters. The molecular weight excluding hydrogens is 654 g/mol. The molecule has 0 heterocycles. The number of hydrogen-bond acceptors (Lipinski definition) is 12. The number of nitrogens with one attached hydrogen (secondary N) is 1. The number of carbonyl (C=O) groups excluding carboxylic acids is 6. The highest BCUT2D eigenvalue weighted by molar-refractivity contribution is 5.86. The Bertz CT molecular complexity index is 1440. The molecule has 0 aliphatic heterocycles. The second kappa shape index (κ2) is 18.0. The van der Waals surface area contributed by atoms with E-state index < -0.39 is 83.8 Å². The number of carbonyl (C=O) groups is 7. The summed E-state index contributed by atoms with van der Waals surface area (Å²) in [6.45, 7) is 3.78. The molecule has 3 saturated carbocycles. The third-order valence-corrected chi connectivity index (χ3v) is 9.49. The number of esters is 5. The third kappa shape index (κ3) is 10.8. The van der Waals surface area contributed by atoms with Crippen LogP contribution in [-0.4, -0.2) is 71.2 Å². The van der Waals surface area contributed by atoms with E-state index in [2.05, 4.69) is 5.32 Å². The fourth-order valence-electron chi connectivity index (χ4n) is 7.12. The molecule has 1 aromatic rings. The van der Waals surface area contributed by atoms with Gasteiger partial charge in [-0.25, -0.2) is 4.79 Å². The molecule has 0 aromatic heterocycles. The van der Waals surface area contributed by atoms with Gasteiger partial charge in [-0.2, -0.15) is 0 Å². The molecule has 3 aliphatic carbocycles. The van der Waals surface area contributed by atoms with Crippen LogP contribution in [0.4, 0.5) is 0 Å². The molecule has 6 unspecified atom stereocenters. The number of hydrogen-bond donors (Lipinski definition) is 2. The normalized spacial score (nSPS) is 25.6. The van der Waals surface area contributed by atoms with E-state index in [1.165, 1.54) is 39.0 Å². The van der Waals surface area contributed by atoms with Gasteiger partial charge in [-0.3, -0.25) is 28.8 Å². The van der Waals surface area contributed by atoms with Crippen molar-refractivity contribution in [2.45, 2.75) is 129 Å². The minimum absolute atomic E-state index is 0.110. The van der Waals surface area contributed by atoms with Gasteiger partial charge in [0, 0.05) is 27.2 Å². The van der Waals surface area contributed by atoms with Crippen molar-refractivity contribution in [3.63, 3.8) is 0 Å². The van der Waals surface area contributed by atoms with Crippen molar-refractivity contribution >= 4 is 41.7 Å². The summed E-state index contributed by atoms with van der Waals surface area (Å²) in [6.07, 6.45) is 4.94. The lowest BCUT2D eigenvalue weighted by Crippen LogP contribution is -2.48. The second-order valence-electron chi connectivity index (χ2n) is 13.3. The molecule has 0 saturated heterocycles. The number of carboxylic acids is 1. The first-order valence-electron chi connectivity index (χ1n) is 17.4. The predicted octanol–water partition coefficient (Wildman–Crippen LogP) is 3.98. The molecule has 3 fully saturated rings. The van der Waals surface area contributed by atoms with Crippen molar-refractivity contribution in [1.29, 1.82) is 0 Å². The standard InChI is InChI=1S/C36H47NO13/c1-20(38)46-28-13-7-4-10-24(28)33(41)37-27(34(42)43)18-23-16-17-31(49-35(44)25-11-5-8-14-29(25)47-21(2)39)32(19-23)50-36(45)26-12-6-9-15-30(26)48-22(3)40/h16-17,19,24-30H,4-15,18H2,1-3H3,(H,37,41)(H,42,43)/t24?,25?,26?,27-,28?,29?,30?/m0/s1. The Labute approximate surface area is 290 Å². The van der Waals surface area contributed by atoms with Crippen LogP contribution in [0.5, 0.6) is 11.5 Å². The minimum atomic E-state index is -1.39. The number of amides is 1. The van der Waals surface area contributed by atoms with E-state index in [1.54, 1.807) is 0 Å². The van der Waals surface area contributed by atoms with E-state index in [9.17, 15) is 38.7 Å². The highest BCUT2D eigenvalue weighted by Gasteiger charge is 2.38. The summed E-state index contributed by atoms with van der Waals surface area (Å²) >= 11 is 0. The van der Waals surface area contributed by atoms with Crippen LogP contribution in [0.25, 0.3) is 0 Å². The summed E-state index contributed by atoms with van der Waals surface area (Å²) in [7, 11) is 0. The first-order chi connectivity index (χ1) is 23.8. The number of aliphatic carboxylic acids is 1. The smallest absolute Gasteiger partial charge is 0.326 e. The molecule has 3 aliphatic rings. The second-order valence-corrected chi connectivity index (χ2v) is 13.3. The summed E-state index contributed by atoms with van der Waals surface area (Å²) in [5, 5.41) is 12.6. The Kier molecular flexibility index (Phi) is 13.8. The molecule has 2 N–H and O–H groups in total. The molecule has 14 heteroatoms. The van der Waals surface area contributed by atoms with Crippen LogP contribution in [0.15, 0.2) is 18.2 Å². The van der Waals surface area contributed by atoms with Gasteiger partial charge in [-0.1, -0.05) is 25.3 Å². The first kappa shape index (κ1) is 38.3. The maximum atomic E-state index is 13.5. The Morgan fingerprint density at radius 3 is 1.52 bits per heavy atom. The molecule has 50 heavy (non-hydrogen) atoms. The van der Waals surface area contributed by atoms with Gasteiger partial charge in [-0.15, -0.1) is 0 Å². The highest BCUT2D eigenvalue weighted by atomic mass is 16.6. The summed E-state index contributed by atoms with van der Waals surface area (Å²) in [5.74, 6) is -7.33. The van der Waals surface area contributed by atoms with E-state index in [4.69, 9.17) is 23.7 Å². The fraction of sp³-hybridized carbons (Fsp3) is 0.639. The van der Waals surface area contributed by atoms with Gasteiger partial charge in [0.2, 0.25) is 5.91 Å². The Balaban J connectivity index is 1.58. The number of ether oxygens (including phenoxy) is 5. The van der Waals surface area contributed by atoms with E-state index in [0.717, 1.165) is 32.1 Å². The lowest BCUT2D eigenvalue weighted by Gasteiger charge is -2.31. The average molecular weight is 702 g/mol. The van der Waals surface area contributed by atoms with Gasteiger partial charge in [0.1, 0.15) is 24.4 Å². The highest BCUT2D eigenvalue weighted by Crippen LogP contribution is 2.36. The summed E-state index contributed by atoms with van der Waals surface area (Å²) < 4.78 is 27.7. The quantitative estimate of drug-likeness (QED) is 0.180. The van der Waals surface area contributed by atoms with Crippen LogP contribution in [0.1, 0.15) is 103 Å². The van der Waals surface area contributed by atoms with Crippen molar-refractivity contribution in [3.05, 3.63) is 23.8 Å². The predicted molar refractivity (Wildman–Crippen MR) is 174 cm³/mol. The molecule has 4 rings (SSSR count). The molecule has 0 bridgehead atoms. The Hall–Kier alpha value is -4.49. The summed E-state index contributed by atoms with van der Waals surface area (Å²) in [4.78, 5) is 87.6. The molecule has 1 amide bonds. The van der Waals surface area contributed by atoms with Crippen molar-refractivity contribution in [3.8, 4) is 11.5 Å². The van der Waals surface area contributed by atoms with Crippen molar-refractivity contribution in [2.24, 2.45) is 17.8 Å². The number of benzene rings is 1. The maximum Gasteiger partial charge on any atom is 0.326 e. The Morgan fingerprint density at radius 2 is 1.06 bits per heavy atom. The first-order valence-corrected chi connectivity index (χ1v) is 17.4. The minimum Gasteiger partial charge on any atom is -0.480 e. The van der Waals surface area contributed by atoms with E-state index in [1.807, 2.05) is 0 Å². The Morgan fingerprint density at radius 1 is 0.640 bits per heavy atom.